The highest BCUT2D eigenvalue weighted by Gasteiger charge is 2.32. The summed E-state index contributed by atoms with van der Waals surface area (Å²) in [6, 6.07) is 0.211. The first-order valence-corrected chi connectivity index (χ1v) is 8.69. The second-order valence-electron chi connectivity index (χ2n) is 5.49. The van der Waals surface area contributed by atoms with E-state index in [4.69, 9.17) is 0 Å². The first-order chi connectivity index (χ1) is 8.61. The van der Waals surface area contributed by atoms with Crippen molar-refractivity contribution in [1.82, 2.24) is 10.2 Å². The van der Waals surface area contributed by atoms with Gasteiger partial charge in [0.1, 0.15) is 0 Å². The Balaban J connectivity index is 1.92. The Labute approximate surface area is 110 Å². The second-order valence-corrected chi connectivity index (χ2v) is 7.72. The molecule has 1 N–H and O–H groups in total. The average Bonchev–Trinajstić information content (AvgIpc) is 2.70. The average molecular weight is 272 g/mol. The van der Waals surface area contributed by atoms with Crippen LogP contribution in [-0.2, 0) is 9.84 Å². The highest BCUT2D eigenvalue weighted by molar-refractivity contribution is 7.91. The maximum absolute atomic E-state index is 11.6. The van der Waals surface area contributed by atoms with Crippen LogP contribution in [0.25, 0.3) is 0 Å². The minimum absolute atomic E-state index is 0.211. The number of hydrogen-bond acceptors (Lipinski definition) is 4. The predicted molar refractivity (Wildman–Crippen MR) is 74.4 cm³/mol. The van der Waals surface area contributed by atoms with E-state index >= 15 is 0 Å². The molecule has 0 saturated carbocycles. The van der Waals surface area contributed by atoms with Gasteiger partial charge >= 0.3 is 0 Å². The molecule has 0 radical (unpaired) electrons. The fraction of sp³-hybridized carbons (Fsp3) is 0.846. The molecule has 0 spiro atoms. The van der Waals surface area contributed by atoms with E-state index in [9.17, 15) is 8.42 Å². The Morgan fingerprint density at radius 1 is 1.28 bits per heavy atom. The van der Waals surface area contributed by atoms with Gasteiger partial charge in [-0.25, -0.2) is 8.42 Å². The van der Waals surface area contributed by atoms with Crippen LogP contribution in [0, 0.1) is 5.92 Å². The molecule has 2 rings (SSSR count). The fourth-order valence-corrected chi connectivity index (χ4v) is 4.76. The number of piperidine rings is 1. The molecular formula is C13H24N2O2S. The summed E-state index contributed by atoms with van der Waals surface area (Å²) in [5, 5.41) is 3.37. The van der Waals surface area contributed by atoms with Gasteiger partial charge in [0.25, 0.3) is 0 Å². The molecule has 2 aliphatic rings. The Morgan fingerprint density at radius 2 is 2.00 bits per heavy atom. The van der Waals surface area contributed by atoms with Gasteiger partial charge < -0.3 is 5.32 Å². The molecule has 1 unspecified atom stereocenters. The number of hydrogen-bond donors (Lipinski definition) is 1. The van der Waals surface area contributed by atoms with Crippen LogP contribution in [0.3, 0.4) is 0 Å². The zero-order chi connectivity index (χ0) is 13.0. The van der Waals surface area contributed by atoms with E-state index < -0.39 is 9.84 Å². The molecule has 0 aromatic heterocycles. The normalized spacial score (nSPS) is 28.6. The van der Waals surface area contributed by atoms with Crippen molar-refractivity contribution in [3.8, 4) is 0 Å². The zero-order valence-electron chi connectivity index (χ0n) is 11.0. The van der Waals surface area contributed by atoms with Crippen molar-refractivity contribution in [2.24, 2.45) is 5.92 Å². The summed E-state index contributed by atoms with van der Waals surface area (Å²) in [5.41, 5.74) is 0. The first-order valence-electron chi connectivity index (χ1n) is 6.87. The van der Waals surface area contributed by atoms with E-state index in [0.717, 1.165) is 32.6 Å². The predicted octanol–water partition coefficient (Wildman–Crippen LogP) is 0.661. The van der Waals surface area contributed by atoms with Crippen LogP contribution in [-0.4, -0.2) is 57.0 Å². The minimum Gasteiger partial charge on any atom is -0.317 e. The van der Waals surface area contributed by atoms with E-state index in [0.29, 0.717) is 17.4 Å². The van der Waals surface area contributed by atoms with Crippen LogP contribution >= 0.6 is 0 Å². The van der Waals surface area contributed by atoms with Crippen molar-refractivity contribution >= 4 is 9.84 Å². The van der Waals surface area contributed by atoms with Crippen molar-refractivity contribution in [3.05, 3.63) is 12.7 Å². The van der Waals surface area contributed by atoms with Crippen LogP contribution in [0.4, 0.5) is 0 Å². The van der Waals surface area contributed by atoms with Gasteiger partial charge in [0.2, 0.25) is 0 Å². The smallest absolute Gasteiger partial charge is 0.151 e. The Hall–Kier alpha value is -0.390. The number of sulfone groups is 1. The van der Waals surface area contributed by atoms with Crippen LogP contribution < -0.4 is 5.32 Å². The summed E-state index contributed by atoms with van der Waals surface area (Å²) in [7, 11) is -2.79. The van der Waals surface area contributed by atoms with E-state index in [2.05, 4.69) is 16.8 Å². The highest BCUT2D eigenvalue weighted by Crippen LogP contribution is 2.21. The van der Waals surface area contributed by atoms with Gasteiger partial charge in [-0.3, -0.25) is 4.90 Å². The maximum atomic E-state index is 11.6. The van der Waals surface area contributed by atoms with Crippen LogP contribution in [0.1, 0.15) is 19.3 Å². The van der Waals surface area contributed by atoms with Gasteiger partial charge in [-0.2, -0.15) is 0 Å². The molecule has 0 bridgehead atoms. The number of nitrogens with zero attached hydrogens (tertiary/aromatic N) is 1. The maximum Gasteiger partial charge on any atom is 0.151 e. The third kappa shape index (κ3) is 3.80. The van der Waals surface area contributed by atoms with Crippen LogP contribution in [0.15, 0.2) is 12.7 Å². The van der Waals surface area contributed by atoms with Gasteiger partial charge in [-0.15, -0.1) is 6.58 Å². The monoisotopic (exact) mass is 272 g/mol. The zero-order valence-corrected chi connectivity index (χ0v) is 11.8. The molecule has 0 aromatic rings. The molecule has 5 heteroatoms. The van der Waals surface area contributed by atoms with Gasteiger partial charge in [0, 0.05) is 19.1 Å². The van der Waals surface area contributed by atoms with Crippen molar-refractivity contribution < 1.29 is 8.42 Å². The van der Waals surface area contributed by atoms with Crippen LogP contribution in [0.2, 0.25) is 0 Å². The molecule has 2 fully saturated rings. The van der Waals surface area contributed by atoms with E-state index in [1.165, 1.54) is 12.8 Å². The molecular weight excluding hydrogens is 248 g/mol. The molecule has 4 nitrogen and oxygen atoms in total. The van der Waals surface area contributed by atoms with Crippen molar-refractivity contribution in [3.63, 3.8) is 0 Å². The summed E-state index contributed by atoms with van der Waals surface area (Å²) in [6.07, 6.45) is 5.09. The molecule has 0 amide bonds. The quantitative estimate of drug-likeness (QED) is 0.747. The van der Waals surface area contributed by atoms with Crippen molar-refractivity contribution in [2.75, 3.05) is 37.7 Å². The first kappa shape index (κ1) is 14.0. The Morgan fingerprint density at radius 3 is 2.56 bits per heavy atom. The third-order valence-corrected chi connectivity index (χ3v) is 5.79. The summed E-state index contributed by atoms with van der Waals surface area (Å²) in [4.78, 5) is 2.33. The lowest BCUT2D eigenvalue weighted by Gasteiger charge is -2.32. The molecule has 104 valence electrons. The summed E-state index contributed by atoms with van der Waals surface area (Å²) >= 11 is 0. The highest BCUT2D eigenvalue weighted by atomic mass is 32.2. The molecule has 0 aromatic carbocycles. The van der Waals surface area contributed by atoms with Crippen molar-refractivity contribution in [1.29, 1.82) is 0 Å². The number of nitrogens with one attached hydrogen (secondary N) is 1. The molecule has 18 heavy (non-hydrogen) atoms. The second kappa shape index (κ2) is 6.17. The largest absolute Gasteiger partial charge is 0.317 e. The molecule has 2 heterocycles. The summed E-state index contributed by atoms with van der Waals surface area (Å²) in [5.74, 6) is 1.40. The lowest BCUT2D eigenvalue weighted by molar-refractivity contribution is 0.179. The third-order valence-electron chi connectivity index (χ3n) is 4.04. The number of rotatable bonds is 5. The molecule has 0 aliphatic carbocycles. The van der Waals surface area contributed by atoms with Crippen LogP contribution in [0.5, 0.6) is 0 Å². The fourth-order valence-electron chi connectivity index (χ4n) is 3.00. The van der Waals surface area contributed by atoms with Gasteiger partial charge in [-0.05, 0) is 38.3 Å². The Kier molecular flexibility index (Phi) is 4.81. The lowest BCUT2D eigenvalue weighted by atomic mass is 9.97. The van der Waals surface area contributed by atoms with Gasteiger partial charge in [0.05, 0.1) is 11.5 Å². The van der Waals surface area contributed by atoms with Gasteiger partial charge in [0.15, 0.2) is 9.84 Å². The summed E-state index contributed by atoms with van der Waals surface area (Å²) in [6.45, 7) is 7.81. The Bertz CT molecular complexity index is 374. The van der Waals surface area contributed by atoms with E-state index in [1.54, 1.807) is 0 Å². The summed E-state index contributed by atoms with van der Waals surface area (Å²) < 4.78 is 23.2. The van der Waals surface area contributed by atoms with E-state index in [-0.39, 0.29) is 6.04 Å². The van der Waals surface area contributed by atoms with Gasteiger partial charge in [-0.1, -0.05) is 6.08 Å². The minimum atomic E-state index is -2.79. The molecule has 2 aliphatic heterocycles. The SMILES string of the molecule is C=CCN(CC1CCNCC1)C1CCS(=O)(=O)C1. The van der Waals surface area contributed by atoms with E-state index in [1.807, 2.05) is 6.08 Å². The molecule has 2 saturated heterocycles. The van der Waals surface area contributed by atoms with Crippen molar-refractivity contribution in [2.45, 2.75) is 25.3 Å². The lowest BCUT2D eigenvalue weighted by Crippen LogP contribution is -2.42. The topological polar surface area (TPSA) is 49.4 Å². The molecule has 1 atom stereocenters. The standard InChI is InChI=1S/C13H24N2O2S/c1-2-8-15(10-12-3-6-14-7-4-12)13-5-9-18(16,17)11-13/h2,12-14H,1,3-11H2.